The Morgan fingerprint density at radius 2 is 1.89 bits per heavy atom. The van der Waals surface area contributed by atoms with E-state index in [9.17, 15) is 9.59 Å². The molecule has 0 aliphatic carbocycles. The molecule has 1 aromatic rings. The van der Waals surface area contributed by atoms with Crippen molar-refractivity contribution in [2.45, 2.75) is 0 Å². The van der Waals surface area contributed by atoms with E-state index in [1.165, 1.54) is 12.0 Å². The van der Waals surface area contributed by atoms with E-state index < -0.39 is 6.09 Å². The van der Waals surface area contributed by atoms with Crippen LogP contribution in [0.2, 0.25) is 0 Å². The number of rotatable bonds is 2. The predicted octanol–water partition coefficient (Wildman–Crippen LogP) is 1.27. The van der Waals surface area contributed by atoms with Crippen LogP contribution in [-0.4, -0.2) is 55.4 Å². The normalized spacial score (nSPS) is 15.2. The number of carbonyl (C=O) groups is 2. The topological polar surface area (TPSA) is 70.1 Å². The SMILES string of the molecule is COC(=O)c1cccc(N2CCN(C(=O)O)CC2)c1. The lowest BCUT2D eigenvalue weighted by Crippen LogP contribution is -2.48. The van der Waals surface area contributed by atoms with Gasteiger partial charge in [0, 0.05) is 31.9 Å². The summed E-state index contributed by atoms with van der Waals surface area (Å²) >= 11 is 0. The molecule has 0 spiro atoms. The zero-order valence-corrected chi connectivity index (χ0v) is 10.7. The van der Waals surface area contributed by atoms with Crippen molar-refractivity contribution in [1.82, 2.24) is 4.90 Å². The van der Waals surface area contributed by atoms with Crippen molar-refractivity contribution in [3.05, 3.63) is 29.8 Å². The zero-order valence-electron chi connectivity index (χ0n) is 10.7. The van der Waals surface area contributed by atoms with Crippen molar-refractivity contribution in [2.24, 2.45) is 0 Å². The Bertz CT molecular complexity index is 481. The van der Waals surface area contributed by atoms with Gasteiger partial charge in [-0.05, 0) is 18.2 Å². The fourth-order valence-corrected chi connectivity index (χ4v) is 2.10. The molecule has 0 radical (unpaired) electrons. The first-order valence-electron chi connectivity index (χ1n) is 6.03. The average Bonchev–Trinajstić information content (AvgIpc) is 2.46. The average molecular weight is 264 g/mol. The van der Waals surface area contributed by atoms with Gasteiger partial charge in [0.05, 0.1) is 12.7 Å². The van der Waals surface area contributed by atoms with Gasteiger partial charge in [0.15, 0.2) is 0 Å². The summed E-state index contributed by atoms with van der Waals surface area (Å²) in [5.41, 5.74) is 1.41. The van der Waals surface area contributed by atoms with Crippen molar-refractivity contribution in [2.75, 3.05) is 38.2 Å². The Labute approximate surface area is 111 Å². The summed E-state index contributed by atoms with van der Waals surface area (Å²) in [7, 11) is 1.35. The molecular formula is C13H16N2O4. The Morgan fingerprint density at radius 3 is 2.47 bits per heavy atom. The number of piperazine rings is 1. The lowest BCUT2D eigenvalue weighted by Gasteiger charge is -2.34. The molecule has 0 bridgehead atoms. The van der Waals surface area contributed by atoms with E-state index in [4.69, 9.17) is 5.11 Å². The second-order valence-electron chi connectivity index (χ2n) is 4.30. The van der Waals surface area contributed by atoms with E-state index >= 15 is 0 Å². The van der Waals surface area contributed by atoms with Gasteiger partial charge in [-0.2, -0.15) is 0 Å². The smallest absolute Gasteiger partial charge is 0.407 e. The molecular weight excluding hydrogens is 248 g/mol. The highest BCUT2D eigenvalue weighted by molar-refractivity contribution is 5.90. The van der Waals surface area contributed by atoms with Crippen LogP contribution in [0, 0.1) is 0 Å². The van der Waals surface area contributed by atoms with Gasteiger partial charge in [-0.25, -0.2) is 9.59 Å². The van der Waals surface area contributed by atoms with Crippen molar-refractivity contribution in [3.8, 4) is 0 Å². The fraction of sp³-hybridized carbons (Fsp3) is 0.385. The van der Waals surface area contributed by atoms with Gasteiger partial charge >= 0.3 is 12.1 Å². The lowest BCUT2D eigenvalue weighted by atomic mass is 10.1. The van der Waals surface area contributed by atoms with E-state index in [2.05, 4.69) is 9.64 Å². The molecule has 0 aromatic heterocycles. The Kier molecular flexibility index (Phi) is 3.89. The highest BCUT2D eigenvalue weighted by atomic mass is 16.5. The van der Waals surface area contributed by atoms with Crippen LogP contribution in [0.4, 0.5) is 10.5 Å². The van der Waals surface area contributed by atoms with Crippen molar-refractivity contribution in [1.29, 1.82) is 0 Å². The number of hydrogen-bond acceptors (Lipinski definition) is 4. The maximum Gasteiger partial charge on any atom is 0.407 e. The first kappa shape index (κ1) is 13.2. The van der Waals surface area contributed by atoms with Gasteiger partial charge in [-0.15, -0.1) is 0 Å². The molecule has 1 aromatic carbocycles. The number of benzene rings is 1. The summed E-state index contributed by atoms with van der Waals surface area (Å²) in [6, 6.07) is 7.17. The summed E-state index contributed by atoms with van der Waals surface area (Å²) < 4.78 is 4.68. The lowest BCUT2D eigenvalue weighted by molar-refractivity contribution is 0.0600. The number of amides is 1. The van der Waals surface area contributed by atoms with Gasteiger partial charge in [0.1, 0.15) is 0 Å². The maximum absolute atomic E-state index is 11.5. The molecule has 1 heterocycles. The molecule has 6 nitrogen and oxygen atoms in total. The van der Waals surface area contributed by atoms with E-state index in [-0.39, 0.29) is 5.97 Å². The zero-order chi connectivity index (χ0) is 13.8. The minimum absolute atomic E-state index is 0.369. The third-order valence-corrected chi connectivity index (χ3v) is 3.18. The van der Waals surface area contributed by atoms with Crippen molar-refractivity contribution >= 4 is 17.7 Å². The minimum Gasteiger partial charge on any atom is -0.465 e. The number of esters is 1. The third-order valence-electron chi connectivity index (χ3n) is 3.18. The maximum atomic E-state index is 11.5. The summed E-state index contributed by atoms with van der Waals surface area (Å²) in [5, 5.41) is 8.89. The molecule has 0 atom stereocenters. The molecule has 1 saturated heterocycles. The number of nitrogens with zero attached hydrogens (tertiary/aromatic N) is 2. The molecule has 102 valence electrons. The molecule has 1 aliphatic heterocycles. The van der Waals surface area contributed by atoms with E-state index in [1.807, 2.05) is 6.07 Å². The van der Waals surface area contributed by atoms with Crippen LogP contribution in [0.25, 0.3) is 0 Å². The van der Waals surface area contributed by atoms with Crippen LogP contribution < -0.4 is 4.90 Å². The molecule has 2 rings (SSSR count). The second kappa shape index (κ2) is 5.60. The van der Waals surface area contributed by atoms with Crippen LogP contribution >= 0.6 is 0 Å². The molecule has 1 amide bonds. The van der Waals surface area contributed by atoms with Crippen molar-refractivity contribution < 1.29 is 19.4 Å². The third kappa shape index (κ3) is 2.96. The fourth-order valence-electron chi connectivity index (χ4n) is 2.10. The van der Waals surface area contributed by atoms with Crippen molar-refractivity contribution in [3.63, 3.8) is 0 Å². The monoisotopic (exact) mass is 264 g/mol. The van der Waals surface area contributed by atoms with E-state index in [0.29, 0.717) is 31.7 Å². The van der Waals surface area contributed by atoms with Gasteiger partial charge in [-0.1, -0.05) is 6.07 Å². The second-order valence-corrected chi connectivity index (χ2v) is 4.30. The van der Waals surface area contributed by atoms with E-state index in [1.54, 1.807) is 18.2 Å². The van der Waals surface area contributed by atoms with Crippen LogP contribution in [0.1, 0.15) is 10.4 Å². The molecule has 6 heteroatoms. The summed E-state index contributed by atoms with van der Waals surface area (Å²) in [6.45, 7) is 2.18. The molecule has 1 N–H and O–H groups in total. The van der Waals surface area contributed by atoms with Crippen LogP contribution in [0.3, 0.4) is 0 Å². The highest BCUT2D eigenvalue weighted by Gasteiger charge is 2.21. The summed E-state index contributed by atoms with van der Waals surface area (Å²) in [6.07, 6.45) is -0.886. The number of anilines is 1. The number of carboxylic acid groups (broad SMARTS) is 1. The van der Waals surface area contributed by atoms with Gasteiger partial charge in [0.25, 0.3) is 0 Å². The van der Waals surface area contributed by atoms with Gasteiger partial charge in [0.2, 0.25) is 0 Å². The quantitative estimate of drug-likeness (QED) is 0.815. The number of hydrogen-bond donors (Lipinski definition) is 1. The molecule has 1 fully saturated rings. The first-order chi connectivity index (χ1) is 9.11. The first-order valence-corrected chi connectivity index (χ1v) is 6.03. The highest BCUT2D eigenvalue weighted by Crippen LogP contribution is 2.18. The minimum atomic E-state index is -0.886. The largest absolute Gasteiger partial charge is 0.465 e. The Balaban J connectivity index is 2.07. The number of carbonyl (C=O) groups excluding carboxylic acids is 1. The standard InChI is InChI=1S/C13H16N2O4/c1-19-12(16)10-3-2-4-11(9-10)14-5-7-15(8-6-14)13(17)18/h2-4,9H,5-8H2,1H3,(H,17,18). The number of methoxy groups -OCH3 is 1. The van der Waals surface area contributed by atoms with Crippen LogP contribution in [-0.2, 0) is 4.74 Å². The summed E-state index contributed by atoms with van der Waals surface area (Å²) in [5.74, 6) is -0.369. The van der Waals surface area contributed by atoms with Gasteiger partial charge in [-0.3, -0.25) is 0 Å². The Hall–Kier alpha value is -2.24. The molecule has 0 saturated carbocycles. The van der Waals surface area contributed by atoms with Gasteiger partial charge < -0.3 is 19.6 Å². The van der Waals surface area contributed by atoms with Crippen LogP contribution in [0.5, 0.6) is 0 Å². The van der Waals surface area contributed by atoms with E-state index in [0.717, 1.165) is 5.69 Å². The summed E-state index contributed by atoms with van der Waals surface area (Å²) in [4.78, 5) is 25.7. The number of ether oxygens (including phenoxy) is 1. The predicted molar refractivity (Wildman–Crippen MR) is 69.6 cm³/mol. The molecule has 19 heavy (non-hydrogen) atoms. The molecule has 1 aliphatic rings. The Morgan fingerprint density at radius 1 is 1.21 bits per heavy atom. The molecule has 0 unspecified atom stereocenters. The van der Waals surface area contributed by atoms with Crippen LogP contribution in [0.15, 0.2) is 24.3 Å².